The summed E-state index contributed by atoms with van der Waals surface area (Å²) in [5.74, 6) is 1.01. The van der Waals surface area contributed by atoms with Crippen molar-refractivity contribution in [2.24, 2.45) is 5.92 Å². The summed E-state index contributed by atoms with van der Waals surface area (Å²) < 4.78 is 10.4. The summed E-state index contributed by atoms with van der Waals surface area (Å²) in [4.78, 5) is 11.9. The molecule has 76 valence electrons. The van der Waals surface area contributed by atoms with E-state index in [1.807, 2.05) is 6.92 Å². The van der Waals surface area contributed by atoms with Crippen molar-refractivity contribution in [1.29, 1.82) is 0 Å². The second-order valence-corrected chi connectivity index (χ2v) is 3.54. The van der Waals surface area contributed by atoms with Crippen molar-refractivity contribution < 1.29 is 13.9 Å². The van der Waals surface area contributed by atoms with Crippen molar-refractivity contribution in [3.63, 3.8) is 0 Å². The average Bonchev–Trinajstić information content (AvgIpc) is 2.87. The van der Waals surface area contributed by atoms with E-state index in [-0.39, 0.29) is 11.7 Å². The van der Waals surface area contributed by atoms with E-state index in [1.54, 1.807) is 12.3 Å². The zero-order chi connectivity index (χ0) is 9.97. The van der Waals surface area contributed by atoms with Gasteiger partial charge in [-0.05, 0) is 12.5 Å². The highest BCUT2D eigenvalue weighted by atomic mass is 16.5. The van der Waals surface area contributed by atoms with Gasteiger partial charge in [-0.15, -0.1) is 0 Å². The van der Waals surface area contributed by atoms with Crippen molar-refractivity contribution in [3.8, 4) is 0 Å². The van der Waals surface area contributed by atoms with Crippen LogP contribution in [0.2, 0.25) is 0 Å². The molecule has 2 rings (SSSR count). The number of ketones is 1. The van der Waals surface area contributed by atoms with Crippen LogP contribution in [0.25, 0.3) is 0 Å². The van der Waals surface area contributed by atoms with Crippen LogP contribution >= 0.6 is 0 Å². The fourth-order valence-corrected chi connectivity index (χ4v) is 1.80. The van der Waals surface area contributed by atoms with Gasteiger partial charge in [-0.1, -0.05) is 6.92 Å². The molecule has 1 aromatic rings. The van der Waals surface area contributed by atoms with Gasteiger partial charge < -0.3 is 9.15 Å². The molecule has 0 radical (unpaired) electrons. The van der Waals surface area contributed by atoms with Crippen molar-refractivity contribution >= 4 is 5.78 Å². The van der Waals surface area contributed by atoms with Crippen LogP contribution < -0.4 is 0 Å². The molecule has 14 heavy (non-hydrogen) atoms. The predicted molar refractivity (Wildman–Crippen MR) is 51.3 cm³/mol. The van der Waals surface area contributed by atoms with E-state index < -0.39 is 0 Å². The molecule has 1 unspecified atom stereocenters. The minimum atomic E-state index is 0.0397. The molecule has 1 aliphatic rings. The molecule has 0 spiro atoms. The summed E-state index contributed by atoms with van der Waals surface area (Å²) in [5, 5.41) is 0. The van der Waals surface area contributed by atoms with E-state index in [0.717, 1.165) is 24.2 Å². The molecule has 0 aliphatic carbocycles. The van der Waals surface area contributed by atoms with Crippen LogP contribution in [0.1, 0.15) is 29.5 Å². The third-order valence-electron chi connectivity index (χ3n) is 2.63. The summed E-state index contributed by atoms with van der Waals surface area (Å²) in [7, 11) is 0. The maximum atomic E-state index is 11.9. The number of hydrogen-bond donors (Lipinski definition) is 0. The lowest BCUT2D eigenvalue weighted by Crippen LogP contribution is -2.15. The standard InChI is InChI=1S/C11H14O3/c1-2-10-9(4-6-14-10)11(12)8-3-5-13-7-8/h4,6,8H,2-3,5,7H2,1H3. The van der Waals surface area contributed by atoms with Crippen LogP contribution in [-0.4, -0.2) is 19.0 Å². The molecular weight excluding hydrogens is 180 g/mol. The average molecular weight is 194 g/mol. The van der Waals surface area contributed by atoms with Gasteiger partial charge in [0.25, 0.3) is 0 Å². The summed E-state index contributed by atoms with van der Waals surface area (Å²) >= 11 is 0. The van der Waals surface area contributed by atoms with Crippen LogP contribution in [0, 0.1) is 5.92 Å². The van der Waals surface area contributed by atoms with Gasteiger partial charge in [0.05, 0.1) is 18.4 Å². The Morgan fingerprint density at radius 3 is 3.14 bits per heavy atom. The van der Waals surface area contributed by atoms with Gasteiger partial charge in [0.15, 0.2) is 5.78 Å². The van der Waals surface area contributed by atoms with Crippen molar-refractivity contribution in [2.75, 3.05) is 13.2 Å². The van der Waals surface area contributed by atoms with E-state index >= 15 is 0 Å². The van der Waals surface area contributed by atoms with E-state index in [4.69, 9.17) is 9.15 Å². The van der Waals surface area contributed by atoms with Crippen LogP contribution in [0.15, 0.2) is 16.7 Å². The summed E-state index contributed by atoms with van der Waals surface area (Å²) in [6, 6.07) is 1.76. The normalized spacial score (nSPS) is 21.4. The highest BCUT2D eigenvalue weighted by molar-refractivity contribution is 5.98. The molecule has 1 saturated heterocycles. The Kier molecular flexibility index (Phi) is 2.68. The van der Waals surface area contributed by atoms with Gasteiger partial charge in [0, 0.05) is 18.9 Å². The molecule has 0 amide bonds. The van der Waals surface area contributed by atoms with Gasteiger partial charge in [0.1, 0.15) is 5.76 Å². The van der Waals surface area contributed by atoms with Crippen LogP contribution in [0.3, 0.4) is 0 Å². The zero-order valence-corrected chi connectivity index (χ0v) is 8.29. The Balaban J connectivity index is 2.17. The number of rotatable bonds is 3. The first-order valence-corrected chi connectivity index (χ1v) is 5.01. The minimum absolute atomic E-state index is 0.0397. The molecule has 3 heteroatoms. The number of ether oxygens (including phenoxy) is 1. The highest BCUT2D eigenvalue weighted by Gasteiger charge is 2.26. The van der Waals surface area contributed by atoms with Crippen molar-refractivity contribution in [1.82, 2.24) is 0 Å². The predicted octanol–water partition coefficient (Wildman–Crippen LogP) is 2.06. The lowest BCUT2D eigenvalue weighted by Gasteiger charge is -2.05. The molecule has 0 aromatic carbocycles. The fourth-order valence-electron chi connectivity index (χ4n) is 1.80. The molecule has 0 N–H and O–H groups in total. The fraction of sp³-hybridized carbons (Fsp3) is 0.545. The maximum Gasteiger partial charge on any atom is 0.171 e. The summed E-state index contributed by atoms with van der Waals surface area (Å²) in [6.07, 6.45) is 3.19. The Labute approximate surface area is 83.0 Å². The molecular formula is C11H14O3. The molecule has 3 nitrogen and oxygen atoms in total. The van der Waals surface area contributed by atoms with Gasteiger partial charge >= 0.3 is 0 Å². The van der Waals surface area contributed by atoms with Crippen molar-refractivity contribution in [3.05, 3.63) is 23.7 Å². The van der Waals surface area contributed by atoms with E-state index in [0.29, 0.717) is 13.2 Å². The largest absolute Gasteiger partial charge is 0.469 e. The molecule has 1 aromatic heterocycles. The molecule has 1 fully saturated rings. The summed E-state index contributed by atoms with van der Waals surface area (Å²) in [6.45, 7) is 3.25. The molecule has 2 heterocycles. The van der Waals surface area contributed by atoms with E-state index in [9.17, 15) is 4.79 Å². The second kappa shape index (κ2) is 3.96. The Hall–Kier alpha value is -1.09. The van der Waals surface area contributed by atoms with Gasteiger partial charge in [0.2, 0.25) is 0 Å². The van der Waals surface area contributed by atoms with E-state index in [2.05, 4.69) is 0 Å². The maximum absolute atomic E-state index is 11.9. The Bertz CT molecular complexity index is 321. The van der Waals surface area contributed by atoms with E-state index in [1.165, 1.54) is 0 Å². The minimum Gasteiger partial charge on any atom is -0.469 e. The number of furan rings is 1. The number of carbonyl (C=O) groups excluding carboxylic acids is 1. The van der Waals surface area contributed by atoms with Crippen LogP contribution in [0.4, 0.5) is 0 Å². The molecule has 1 atom stereocenters. The smallest absolute Gasteiger partial charge is 0.171 e. The first-order valence-electron chi connectivity index (χ1n) is 5.01. The number of Topliss-reactive ketones (excluding diaryl/α,β-unsaturated/α-hetero) is 1. The first-order chi connectivity index (χ1) is 6.83. The lowest BCUT2D eigenvalue weighted by molar-refractivity contribution is 0.0898. The Morgan fingerprint density at radius 2 is 2.50 bits per heavy atom. The number of carbonyl (C=O) groups is 1. The Morgan fingerprint density at radius 1 is 1.64 bits per heavy atom. The SMILES string of the molecule is CCc1occc1C(=O)C1CCOC1. The number of aryl methyl sites for hydroxylation is 1. The third kappa shape index (κ3) is 1.60. The van der Waals surface area contributed by atoms with Gasteiger partial charge in [-0.25, -0.2) is 0 Å². The third-order valence-corrected chi connectivity index (χ3v) is 2.63. The number of hydrogen-bond acceptors (Lipinski definition) is 3. The summed E-state index contributed by atoms with van der Waals surface area (Å²) in [5.41, 5.74) is 0.739. The first kappa shape index (κ1) is 9.46. The van der Waals surface area contributed by atoms with Crippen LogP contribution in [0.5, 0.6) is 0 Å². The van der Waals surface area contributed by atoms with Crippen molar-refractivity contribution in [2.45, 2.75) is 19.8 Å². The molecule has 0 saturated carbocycles. The van der Waals surface area contributed by atoms with Gasteiger partial charge in [-0.3, -0.25) is 4.79 Å². The monoisotopic (exact) mass is 194 g/mol. The highest BCUT2D eigenvalue weighted by Crippen LogP contribution is 2.21. The molecule has 1 aliphatic heterocycles. The molecule has 0 bridgehead atoms. The zero-order valence-electron chi connectivity index (χ0n) is 8.29. The lowest BCUT2D eigenvalue weighted by atomic mass is 9.97. The topological polar surface area (TPSA) is 39.4 Å². The van der Waals surface area contributed by atoms with Crippen LogP contribution in [-0.2, 0) is 11.2 Å². The quantitative estimate of drug-likeness (QED) is 0.691. The van der Waals surface area contributed by atoms with Gasteiger partial charge in [-0.2, -0.15) is 0 Å². The second-order valence-electron chi connectivity index (χ2n) is 3.54.